The van der Waals surface area contributed by atoms with Gasteiger partial charge in [0.05, 0.1) is 31.7 Å². The fraction of sp³-hybridized carbons (Fsp3) is 0.182. The first kappa shape index (κ1) is 12.4. The first-order valence-corrected chi connectivity index (χ1v) is 5.62. The molecule has 2 aromatic heterocycles. The minimum absolute atomic E-state index is 0.0930. The highest BCUT2D eigenvalue weighted by molar-refractivity contribution is 6.29. The molecule has 0 aromatic carbocycles. The van der Waals surface area contributed by atoms with E-state index in [0.717, 1.165) is 0 Å². The predicted octanol–water partition coefficient (Wildman–Crippen LogP) is 1.45. The van der Waals surface area contributed by atoms with Gasteiger partial charge >= 0.3 is 0 Å². The lowest BCUT2D eigenvalue weighted by Gasteiger charge is -2.05. The summed E-state index contributed by atoms with van der Waals surface area (Å²) in [4.78, 5) is 19.3. The van der Waals surface area contributed by atoms with Crippen molar-refractivity contribution in [3.8, 4) is 0 Å². The molecule has 0 atom stereocenters. The van der Waals surface area contributed by atoms with Crippen molar-refractivity contribution in [2.75, 3.05) is 11.9 Å². The van der Waals surface area contributed by atoms with Crippen LogP contribution in [0, 0.1) is 0 Å². The van der Waals surface area contributed by atoms with E-state index in [0.29, 0.717) is 18.1 Å². The summed E-state index contributed by atoms with van der Waals surface area (Å²) in [5.74, 6) is 0.981. The van der Waals surface area contributed by atoms with Gasteiger partial charge in [0.15, 0.2) is 0 Å². The summed E-state index contributed by atoms with van der Waals surface area (Å²) >= 11 is 5.66. The number of aromatic nitrogens is 2. The SMILES string of the molecule is O=C(CNc1cncc(Cl)n1)NCc1ccco1. The first-order valence-electron chi connectivity index (χ1n) is 5.24. The summed E-state index contributed by atoms with van der Waals surface area (Å²) < 4.78 is 5.09. The Hall–Kier alpha value is -2.08. The highest BCUT2D eigenvalue weighted by Gasteiger charge is 2.03. The maximum Gasteiger partial charge on any atom is 0.239 e. The Balaban J connectivity index is 1.75. The van der Waals surface area contributed by atoms with E-state index < -0.39 is 0 Å². The van der Waals surface area contributed by atoms with E-state index in [9.17, 15) is 4.79 Å². The molecule has 0 bridgehead atoms. The molecule has 0 aliphatic carbocycles. The molecule has 18 heavy (non-hydrogen) atoms. The first-order chi connectivity index (χ1) is 8.74. The molecule has 0 spiro atoms. The van der Waals surface area contributed by atoms with E-state index in [4.69, 9.17) is 16.0 Å². The van der Waals surface area contributed by atoms with Gasteiger partial charge in [-0.2, -0.15) is 0 Å². The van der Waals surface area contributed by atoms with Gasteiger partial charge in [-0.15, -0.1) is 0 Å². The standard InChI is InChI=1S/C11H11ClN4O2/c12-9-5-13-6-10(16-9)14-7-11(17)15-4-8-2-1-3-18-8/h1-3,5-6H,4,7H2,(H,14,16)(H,15,17). The molecule has 2 rings (SSSR count). The second kappa shape index (κ2) is 6.02. The number of furan rings is 1. The number of hydrogen-bond acceptors (Lipinski definition) is 5. The molecular weight excluding hydrogens is 256 g/mol. The molecule has 2 N–H and O–H groups in total. The second-order valence-corrected chi connectivity index (χ2v) is 3.82. The molecule has 0 saturated carbocycles. The molecule has 0 fully saturated rings. The third kappa shape index (κ3) is 3.74. The monoisotopic (exact) mass is 266 g/mol. The van der Waals surface area contributed by atoms with E-state index in [1.807, 2.05) is 0 Å². The van der Waals surface area contributed by atoms with Crippen LogP contribution in [0.2, 0.25) is 5.15 Å². The minimum atomic E-state index is -0.173. The molecule has 0 saturated heterocycles. The molecule has 0 aliphatic rings. The van der Waals surface area contributed by atoms with Gasteiger partial charge in [-0.05, 0) is 12.1 Å². The van der Waals surface area contributed by atoms with Crippen LogP contribution >= 0.6 is 11.6 Å². The average Bonchev–Trinajstić information content (AvgIpc) is 2.87. The number of carbonyl (C=O) groups is 1. The molecule has 2 aromatic rings. The minimum Gasteiger partial charge on any atom is -0.467 e. The molecule has 7 heteroatoms. The Morgan fingerprint density at radius 3 is 3.06 bits per heavy atom. The second-order valence-electron chi connectivity index (χ2n) is 3.44. The van der Waals surface area contributed by atoms with Gasteiger partial charge in [0.1, 0.15) is 16.7 Å². The summed E-state index contributed by atoms with van der Waals surface area (Å²) in [6, 6.07) is 3.55. The Labute approximate surface area is 108 Å². The number of amides is 1. The zero-order valence-corrected chi connectivity index (χ0v) is 10.1. The smallest absolute Gasteiger partial charge is 0.239 e. The van der Waals surface area contributed by atoms with Crippen molar-refractivity contribution in [3.63, 3.8) is 0 Å². The summed E-state index contributed by atoms with van der Waals surface area (Å²) in [6.07, 6.45) is 4.47. The Morgan fingerprint density at radius 1 is 1.44 bits per heavy atom. The fourth-order valence-corrected chi connectivity index (χ4v) is 1.41. The molecule has 6 nitrogen and oxygen atoms in total. The van der Waals surface area contributed by atoms with Gasteiger partial charge in [-0.1, -0.05) is 11.6 Å². The van der Waals surface area contributed by atoms with Crippen LogP contribution in [0.1, 0.15) is 5.76 Å². The van der Waals surface area contributed by atoms with Crippen LogP contribution in [0.4, 0.5) is 5.82 Å². The molecule has 0 aliphatic heterocycles. The summed E-state index contributed by atoms with van der Waals surface area (Å²) in [7, 11) is 0. The average molecular weight is 267 g/mol. The molecule has 0 unspecified atom stereocenters. The van der Waals surface area contributed by atoms with E-state index in [-0.39, 0.29) is 17.6 Å². The number of anilines is 1. The van der Waals surface area contributed by atoms with E-state index in [1.165, 1.54) is 12.4 Å². The molecule has 1 amide bonds. The maximum absolute atomic E-state index is 11.5. The third-order valence-electron chi connectivity index (χ3n) is 2.08. The van der Waals surface area contributed by atoms with Crippen LogP contribution in [-0.2, 0) is 11.3 Å². The largest absolute Gasteiger partial charge is 0.467 e. The van der Waals surface area contributed by atoms with Crippen molar-refractivity contribution in [3.05, 3.63) is 41.7 Å². The molecular formula is C11H11ClN4O2. The van der Waals surface area contributed by atoms with Crippen LogP contribution in [0.15, 0.2) is 35.2 Å². The van der Waals surface area contributed by atoms with Gasteiger partial charge in [0, 0.05) is 0 Å². The van der Waals surface area contributed by atoms with Crippen molar-refractivity contribution in [1.82, 2.24) is 15.3 Å². The number of nitrogens with zero attached hydrogens (tertiary/aromatic N) is 2. The van der Waals surface area contributed by atoms with Crippen LogP contribution in [0.25, 0.3) is 0 Å². The number of carbonyl (C=O) groups excluding carboxylic acids is 1. The van der Waals surface area contributed by atoms with E-state index in [1.54, 1.807) is 18.4 Å². The third-order valence-corrected chi connectivity index (χ3v) is 2.26. The molecule has 2 heterocycles. The van der Waals surface area contributed by atoms with Crippen LogP contribution < -0.4 is 10.6 Å². The van der Waals surface area contributed by atoms with Crippen molar-refractivity contribution in [2.24, 2.45) is 0 Å². The van der Waals surface area contributed by atoms with Gasteiger partial charge in [0.2, 0.25) is 5.91 Å². The quantitative estimate of drug-likeness (QED) is 0.856. The van der Waals surface area contributed by atoms with Gasteiger partial charge in [-0.25, -0.2) is 4.98 Å². The Morgan fingerprint density at radius 2 is 2.33 bits per heavy atom. The lowest BCUT2D eigenvalue weighted by molar-refractivity contribution is -0.119. The maximum atomic E-state index is 11.5. The zero-order valence-electron chi connectivity index (χ0n) is 9.39. The number of nitrogens with one attached hydrogen (secondary N) is 2. The summed E-state index contributed by atoms with van der Waals surface area (Å²) in [5, 5.41) is 5.78. The molecule has 0 radical (unpaired) electrons. The van der Waals surface area contributed by atoms with Gasteiger partial charge in [-0.3, -0.25) is 9.78 Å². The number of rotatable bonds is 5. The van der Waals surface area contributed by atoms with Gasteiger partial charge in [0.25, 0.3) is 0 Å². The fourth-order valence-electron chi connectivity index (χ4n) is 1.26. The highest BCUT2D eigenvalue weighted by atomic mass is 35.5. The van der Waals surface area contributed by atoms with Gasteiger partial charge < -0.3 is 15.1 Å². The van der Waals surface area contributed by atoms with E-state index in [2.05, 4.69) is 20.6 Å². The van der Waals surface area contributed by atoms with E-state index >= 15 is 0 Å². The lowest BCUT2D eigenvalue weighted by Crippen LogP contribution is -2.29. The Bertz CT molecular complexity index is 516. The van der Waals surface area contributed by atoms with Crippen LogP contribution in [0.5, 0.6) is 0 Å². The normalized spacial score (nSPS) is 10.1. The number of hydrogen-bond donors (Lipinski definition) is 2. The topological polar surface area (TPSA) is 80.0 Å². The van der Waals surface area contributed by atoms with Crippen molar-refractivity contribution in [2.45, 2.75) is 6.54 Å². The number of halogens is 1. The summed E-state index contributed by atoms with van der Waals surface area (Å²) in [5.41, 5.74) is 0. The predicted molar refractivity (Wildman–Crippen MR) is 66.1 cm³/mol. The zero-order chi connectivity index (χ0) is 12.8. The Kier molecular flexibility index (Phi) is 4.14. The van der Waals surface area contributed by atoms with Crippen LogP contribution in [-0.4, -0.2) is 22.4 Å². The van der Waals surface area contributed by atoms with Crippen molar-refractivity contribution >= 4 is 23.3 Å². The van der Waals surface area contributed by atoms with Crippen LogP contribution in [0.3, 0.4) is 0 Å². The summed E-state index contributed by atoms with van der Waals surface area (Å²) in [6.45, 7) is 0.449. The lowest BCUT2D eigenvalue weighted by atomic mass is 10.4. The molecule has 94 valence electrons. The van der Waals surface area contributed by atoms with Crippen molar-refractivity contribution in [1.29, 1.82) is 0 Å². The highest BCUT2D eigenvalue weighted by Crippen LogP contribution is 2.05. The van der Waals surface area contributed by atoms with Crippen molar-refractivity contribution < 1.29 is 9.21 Å².